The number of carbonyl (C=O) groups excluding carboxylic acids is 2. The van der Waals surface area contributed by atoms with Crippen LogP contribution in [0.1, 0.15) is 39.5 Å². The molecule has 5 nitrogen and oxygen atoms in total. The number of nitrogens with one attached hydrogen (secondary N) is 2. The molecular weight excluding hydrogens is 408 g/mol. The highest BCUT2D eigenvalue weighted by Gasteiger charge is 2.20. The number of thioether (sulfide) groups is 1. The van der Waals surface area contributed by atoms with E-state index in [4.69, 9.17) is 16.3 Å². The first-order valence-corrected chi connectivity index (χ1v) is 10.9. The summed E-state index contributed by atoms with van der Waals surface area (Å²) in [7, 11) is 1.55. The minimum Gasteiger partial charge on any atom is -0.495 e. The molecule has 2 aromatic rings. The van der Waals surface area contributed by atoms with Crippen LogP contribution in [0.5, 0.6) is 5.75 Å². The van der Waals surface area contributed by atoms with Gasteiger partial charge < -0.3 is 15.4 Å². The van der Waals surface area contributed by atoms with E-state index in [1.807, 2.05) is 31.2 Å². The van der Waals surface area contributed by atoms with Gasteiger partial charge in [-0.15, -0.1) is 11.8 Å². The Morgan fingerprint density at radius 1 is 1.14 bits per heavy atom. The third kappa shape index (κ3) is 7.29. The Morgan fingerprint density at radius 2 is 1.93 bits per heavy atom. The van der Waals surface area contributed by atoms with Gasteiger partial charge in [0.2, 0.25) is 11.8 Å². The highest BCUT2D eigenvalue weighted by Crippen LogP contribution is 2.31. The van der Waals surface area contributed by atoms with Crippen LogP contribution in [-0.4, -0.2) is 24.2 Å². The fourth-order valence-corrected chi connectivity index (χ4v) is 3.87. The summed E-state index contributed by atoms with van der Waals surface area (Å²) < 4.78 is 5.29. The lowest BCUT2D eigenvalue weighted by Gasteiger charge is -2.17. The van der Waals surface area contributed by atoms with Crippen LogP contribution in [0.25, 0.3) is 0 Å². The van der Waals surface area contributed by atoms with Gasteiger partial charge in [-0.05, 0) is 49.2 Å². The molecule has 2 amide bonds. The zero-order chi connectivity index (χ0) is 21.2. The van der Waals surface area contributed by atoms with Crippen molar-refractivity contribution in [2.45, 2.75) is 49.7 Å². The number of rotatable bonds is 10. The van der Waals surface area contributed by atoms with Crippen LogP contribution in [0.2, 0.25) is 5.02 Å². The van der Waals surface area contributed by atoms with E-state index < -0.39 is 0 Å². The number of unbranched alkanes of at least 4 members (excludes halogenated alkanes) is 1. The van der Waals surface area contributed by atoms with E-state index in [-0.39, 0.29) is 17.1 Å². The second kappa shape index (κ2) is 11.7. The molecule has 0 saturated heterocycles. The molecule has 1 atom stereocenters. The highest BCUT2D eigenvalue weighted by atomic mass is 35.5. The lowest BCUT2D eigenvalue weighted by atomic mass is 10.2. The number of halogens is 1. The topological polar surface area (TPSA) is 67.4 Å². The average molecular weight is 435 g/mol. The van der Waals surface area contributed by atoms with E-state index in [0.717, 1.165) is 23.4 Å². The van der Waals surface area contributed by atoms with Crippen molar-refractivity contribution in [3.05, 3.63) is 47.5 Å². The third-order valence-corrected chi connectivity index (χ3v) is 5.83. The van der Waals surface area contributed by atoms with Crippen molar-refractivity contribution in [2.75, 3.05) is 17.7 Å². The van der Waals surface area contributed by atoms with Crippen molar-refractivity contribution in [3.63, 3.8) is 0 Å². The molecule has 2 rings (SSSR count). The van der Waals surface area contributed by atoms with Crippen LogP contribution < -0.4 is 15.4 Å². The van der Waals surface area contributed by atoms with E-state index in [0.29, 0.717) is 29.3 Å². The zero-order valence-electron chi connectivity index (χ0n) is 17.0. The summed E-state index contributed by atoms with van der Waals surface area (Å²) in [5.74, 6) is 0.432. The normalized spacial score (nSPS) is 11.6. The maximum atomic E-state index is 12.8. The largest absolute Gasteiger partial charge is 0.495 e. The van der Waals surface area contributed by atoms with Gasteiger partial charge in [0.15, 0.2) is 0 Å². The number of anilines is 2. The van der Waals surface area contributed by atoms with E-state index >= 15 is 0 Å². The molecule has 0 saturated carbocycles. The van der Waals surface area contributed by atoms with Crippen LogP contribution in [0, 0.1) is 0 Å². The summed E-state index contributed by atoms with van der Waals surface area (Å²) in [6, 6.07) is 12.7. The van der Waals surface area contributed by atoms with E-state index in [9.17, 15) is 9.59 Å². The van der Waals surface area contributed by atoms with E-state index in [1.54, 1.807) is 25.3 Å². The van der Waals surface area contributed by atoms with Gasteiger partial charge in [-0.25, -0.2) is 0 Å². The second-order valence-electron chi connectivity index (χ2n) is 6.53. The summed E-state index contributed by atoms with van der Waals surface area (Å²) >= 11 is 7.50. The van der Waals surface area contributed by atoms with Crippen LogP contribution in [0.15, 0.2) is 47.4 Å². The SMILES string of the molecule is CCCCC(=O)Nc1cccc(SC(CC)C(=O)Nc2cc(Cl)ccc2OC)c1. The molecule has 0 aliphatic heterocycles. The highest BCUT2D eigenvalue weighted by molar-refractivity contribution is 8.00. The summed E-state index contributed by atoms with van der Waals surface area (Å²) in [4.78, 5) is 25.7. The van der Waals surface area contributed by atoms with Gasteiger partial charge in [-0.3, -0.25) is 9.59 Å². The van der Waals surface area contributed by atoms with Crippen molar-refractivity contribution < 1.29 is 14.3 Å². The van der Waals surface area contributed by atoms with Crippen LogP contribution in [0.4, 0.5) is 11.4 Å². The number of ether oxygens (including phenoxy) is 1. The van der Waals surface area contributed by atoms with Gasteiger partial charge in [0, 0.05) is 22.0 Å². The van der Waals surface area contributed by atoms with Crippen LogP contribution >= 0.6 is 23.4 Å². The number of methoxy groups -OCH3 is 1. The molecule has 0 fully saturated rings. The Hall–Kier alpha value is -2.18. The van der Waals surface area contributed by atoms with Crippen molar-refractivity contribution in [3.8, 4) is 5.75 Å². The number of hydrogen-bond acceptors (Lipinski definition) is 4. The molecule has 2 aromatic carbocycles. The molecule has 0 spiro atoms. The molecule has 1 unspecified atom stereocenters. The molecule has 0 aliphatic rings. The quantitative estimate of drug-likeness (QED) is 0.451. The molecule has 7 heteroatoms. The summed E-state index contributed by atoms with van der Waals surface area (Å²) in [5.41, 5.74) is 1.28. The fraction of sp³-hybridized carbons (Fsp3) is 0.364. The molecule has 0 aromatic heterocycles. The summed E-state index contributed by atoms with van der Waals surface area (Å²) in [6.45, 7) is 4.02. The van der Waals surface area contributed by atoms with Gasteiger partial charge >= 0.3 is 0 Å². The smallest absolute Gasteiger partial charge is 0.237 e. The Morgan fingerprint density at radius 3 is 2.62 bits per heavy atom. The number of hydrogen-bond donors (Lipinski definition) is 2. The molecule has 29 heavy (non-hydrogen) atoms. The van der Waals surface area contributed by atoms with Gasteiger partial charge in [-0.2, -0.15) is 0 Å². The van der Waals surface area contributed by atoms with Crippen molar-refractivity contribution in [1.82, 2.24) is 0 Å². The zero-order valence-corrected chi connectivity index (χ0v) is 18.5. The third-order valence-electron chi connectivity index (χ3n) is 4.24. The fourth-order valence-electron chi connectivity index (χ4n) is 2.69. The van der Waals surface area contributed by atoms with Crippen molar-refractivity contribution in [1.29, 1.82) is 0 Å². The van der Waals surface area contributed by atoms with Crippen LogP contribution in [-0.2, 0) is 9.59 Å². The molecule has 2 N–H and O–H groups in total. The van der Waals surface area contributed by atoms with E-state index in [1.165, 1.54) is 11.8 Å². The number of carbonyl (C=O) groups is 2. The molecule has 0 bridgehead atoms. The lowest BCUT2D eigenvalue weighted by molar-refractivity contribution is -0.116. The molecule has 156 valence electrons. The van der Waals surface area contributed by atoms with Gasteiger partial charge in [0.25, 0.3) is 0 Å². The maximum absolute atomic E-state index is 12.8. The van der Waals surface area contributed by atoms with Crippen molar-refractivity contribution in [2.24, 2.45) is 0 Å². The maximum Gasteiger partial charge on any atom is 0.237 e. The number of amides is 2. The first-order chi connectivity index (χ1) is 14.0. The molecule has 0 radical (unpaired) electrons. The number of benzene rings is 2. The second-order valence-corrected chi connectivity index (χ2v) is 8.24. The molecule has 0 heterocycles. The molecule has 0 aliphatic carbocycles. The van der Waals surface area contributed by atoms with Gasteiger partial charge in [0.05, 0.1) is 18.0 Å². The molecular formula is C22H27ClN2O3S. The predicted molar refractivity (Wildman–Crippen MR) is 121 cm³/mol. The predicted octanol–water partition coefficient (Wildman–Crippen LogP) is 5.99. The minimum absolute atomic E-state index is 0.00633. The average Bonchev–Trinajstić information content (AvgIpc) is 2.71. The minimum atomic E-state index is -0.301. The van der Waals surface area contributed by atoms with E-state index in [2.05, 4.69) is 17.6 Å². The Labute approximate surface area is 181 Å². The summed E-state index contributed by atoms with van der Waals surface area (Å²) in [6.07, 6.45) is 3.00. The van der Waals surface area contributed by atoms with Crippen LogP contribution in [0.3, 0.4) is 0 Å². The lowest BCUT2D eigenvalue weighted by Crippen LogP contribution is -2.24. The Kier molecular flexibility index (Phi) is 9.35. The van der Waals surface area contributed by atoms with Gasteiger partial charge in [0.1, 0.15) is 5.75 Å². The Balaban J connectivity index is 2.05. The first kappa shape index (κ1) is 23.1. The summed E-state index contributed by atoms with van der Waals surface area (Å²) in [5, 5.41) is 6.04. The standard InChI is InChI=1S/C22H27ClN2O3S/c1-4-6-10-21(26)24-16-8-7-9-17(14-16)29-20(5-2)22(27)25-18-13-15(23)11-12-19(18)28-3/h7-9,11-14,20H,4-6,10H2,1-3H3,(H,24,26)(H,25,27). The Bertz CT molecular complexity index is 845. The van der Waals surface area contributed by atoms with Gasteiger partial charge in [-0.1, -0.05) is 37.9 Å². The monoisotopic (exact) mass is 434 g/mol. The van der Waals surface area contributed by atoms with Crippen molar-refractivity contribution >= 4 is 46.6 Å². The first-order valence-electron chi connectivity index (χ1n) is 9.67.